The molecule has 180 valence electrons. The van der Waals surface area contributed by atoms with Gasteiger partial charge in [0.1, 0.15) is 5.75 Å². The van der Waals surface area contributed by atoms with Crippen molar-refractivity contribution < 1.29 is 9.47 Å². The van der Waals surface area contributed by atoms with E-state index >= 15 is 0 Å². The van der Waals surface area contributed by atoms with E-state index in [1.807, 2.05) is 6.07 Å². The number of pyridine rings is 1. The lowest BCUT2D eigenvalue weighted by molar-refractivity contribution is 0.294. The van der Waals surface area contributed by atoms with E-state index in [-0.39, 0.29) is 0 Å². The van der Waals surface area contributed by atoms with Gasteiger partial charge < -0.3 is 9.47 Å². The lowest BCUT2D eigenvalue weighted by Crippen LogP contribution is -1.99. The molecule has 3 aromatic rings. The van der Waals surface area contributed by atoms with Crippen LogP contribution in [0.1, 0.15) is 97.3 Å². The molecule has 0 saturated carbocycles. The van der Waals surface area contributed by atoms with E-state index in [1.54, 1.807) is 0 Å². The van der Waals surface area contributed by atoms with E-state index < -0.39 is 0 Å². The zero-order valence-corrected chi connectivity index (χ0v) is 20.9. The normalized spacial score (nSPS) is 11.3. The Morgan fingerprint density at radius 3 is 1.88 bits per heavy atom. The van der Waals surface area contributed by atoms with Gasteiger partial charge in [0.2, 0.25) is 5.88 Å². The Labute approximate surface area is 200 Å². The molecule has 3 heteroatoms. The van der Waals surface area contributed by atoms with Crippen molar-refractivity contribution in [3.63, 3.8) is 0 Å². The van der Waals surface area contributed by atoms with E-state index in [9.17, 15) is 0 Å². The Bertz CT molecular complexity index is 953. The van der Waals surface area contributed by atoms with Crippen molar-refractivity contribution in [2.45, 2.75) is 97.3 Å². The summed E-state index contributed by atoms with van der Waals surface area (Å²) < 4.78 is 11.9. The van der Waals surface area contributed by atoms with Gasteiger partial charge in [-0.15, -0.1) is 0 Å². The van der Waals surface area contributed by atoms with Gasteiger partial charge in [-0.25, -0.2) is 4.98 Å². The largest absolute Gasteiger partial charge is 0.494 e. The molecular weight excluding hydrogens is 406 g/mol. The Hall–Kier alpha value is -2.29. The molecule has 0 unspecified atom stereocenters. The highest BCUT2D eigenvalue weighted by molar-refractivity contribution is 6.06. The minimum Gasteiger partial charge on any atom is -0.494 e. The van der Waals surface area contributed by atoms with Crippen LogP contribution in [0, 0.1) is 0 Å². The Morgan fingerprint density at radius 2 is 1.18 bits per heavy atom. The Kier molecular flexibility index (Phi) is 11.3. The first-order chi connectivity index (χ1) is 16.3. The van der Waals surface area contributed by atoms with Gasteiger partial charge in [-0.1, -0.05) is 96.6 Å². The van der Waals surface area contributed by atoms with Gasteiger partial charge in [0, 0.05) is 11.5 Å². The first-order valence-electron chi connectivity index (χ1n) is 13.4. The maximum atomic E-state index is 6.01. The molecule has 0 aliphatic carbocycles. The highest BCUT2D eigenvalue weighted by Crippen LogP contribution is 2.29. The molecule has 3 rings (SSSR count). The van der Waals surface area contributed by atoms with Crippen molar-refractivity contribution in [3.05, 3.63) is 42.5 Å². The first-order valence-corrected chi connectivity index (χ1v) is 13.4. The zero-order valence-electron chi connectivity index (χ0n) is 20.9. The molecule has 33 heavy (non-hydrogen) atoms. The summed E-state index contributed by atoms with van der Waals surface area (Å²) in [6, 6.07) is 14.8. The maximum absolute atomic E-state index is 6.01. The van der Waals surface area contributed by atoms with Crippen LogP contribution >= 0.6 is 0 Å². The summed E-state index contributed by atoms with van der Waals surface area (Å²) in [6.45, 7) is 6.06. The quantitative estimate of drug-likeness (QED) is 0.152. The number of hydrogen-bond donors (Lipinski definition) is 0. The van der Waals surface area contributed by atoms with Gasteiger partial charge in [0.15, 0.2) is 0 Å². The minimum atomic E-state index is 0.728. The predicted molar refractivity (Wildman–Crippen MR) is 142 cm³/mol. The van der Waals surface area contributed by atoms with Crippen molar-refractivity contribution in [1.29, 1.82) is 0 Å². The fourth-order valence-electron chi connectivity index (χ4n) is 4.38. The van der Waals surface area contributed by atoms with Crippen LogP contribution in [-0.2, 0) is 0 Å². The molecule has 1 aromatic heterocycles. The molecule has 0 saturated heterocycles. The van der Waals surface area contributed by atoms with Gasteiger partial charge in [-0.3, -0.25) is 0 Å². The van der Waals surface area contributed by atoms with E-state index in [0.29, 0.717) is 0 Å². The molecular formula is C30H43NO2. The fraction of sp³-hybridized carbons (Fsp3) is 0.567. The SMILES string of the molecule is CCCCCCCCCOc1ccc2c(ccc3cc(OCCCCCCCC)ccc32)n1. The van der Waals surface area contributed by atoms with Crippen LogP contribution in [0.2, 0.25) is 0 Å². The van der Waals surface area contributed by atoms with Crippen LogP contribution in [0.3, 0.4) is 0 Å². The van der Waals surface area contributed by atoms with Crippen LogP contribution < -0.4 is 9.47 Å². The van der Waals surface area contributed by atoms with Gasteiger partial charge in [-0.2, -0.15) is 0 Å². The predicted octanol–water partition coefficient (Wildman–Crippen LogP) is 9.26. The second-order valence-corrected chi connectivity index (χ2v) is 9.25. The highest BCUT2D eigenvalue weighted by atomic mass is 16.5. The number of aromatic nitrogens is 1. The third-order valence-electron chi connectivity index (χ3n) is 6.40. The van der Waals surface area contributed by atoms with Crippen LogP contribution in [0.5, 0.6) is 11.6 Å². The molecule has 0 spiro atoms. The molecule has 1 heterocycles. The van der Waals surface area contributed by atoms with Gasteiger partial charge >= 0.3 is 0 Å². The molecule has 0 aliphatic rings. The topological polar surface area (TPSA) is 31.4 Å². The molecule has 0 radical (unpaired) electrons. The summed E-state index contributed by atoms with van der Waals surface area (Å²) in [6.07, 6.45) is 16.7. The second kappa shape index (κ2) is 14.8. The summed E-state index contributed by atoms with van der Waals surface area (Å²) in [7, 11) is 0. The molecule has 0 bridgehead atoms. The molecule has 0 amide bonds. The number of nitrogens with zero attached hydrogens (tertiary/aromatic N) is 1. The van der Waals surface area contributed by atoms with Crippen molar-refractivity contribution in [2.75, 3.05) is 13.2 Å². The van der Waals surface area contributed by atoms with E-state index in [1.165, 1.54) is 86.8 Å². The maximum Gasteiger partial charge on any atom is 0.213 e. The Morgan fingerprint density at radius 1 is 0.576 bits per heavy atom. The van der Waals surface area contributed by atoms with E-state index in [4.69, 9.17) is 14.5 Å². The standard InChI is InChI=1S/C30H43NO2/c1-3-5-7-9-11-13-15-23-33-30-21-19-28-27-18-17-26(24-25(27)16-20-29(28)31-30)32-22-14-12-10-8-6-4-2/h16-21,24H,3-15,22-23H2,1-2H3. The smallest absolute Gasteiger partial charge is 0.213 e. The number of fused-ring (bicyclic) bond motifs is 3. The van der Waals surface area contributed by atoms with Crippen LogP contribution in [0.15, 0.2) is 42.5 Å². The van der Waals surface area contributed by atoms with Crippen LogP contribution in [0.4, 0.5) is 0 Å². The summed E-state index contributed by atoms with van der Waals surface area (Å²) in [4.78, 5) is 4.74. The zero-order chi connectivity index (χ0) is 23.1. The van der Waals surface area contributed by atoms with Crippen LogP contribution in [0.25, 0.3) is 21.7 Å². The minimum absolute atomic E-state index is 0.728. The van der Waals surface area contributed by atoms with Gasteiger partial charge in [-0.05, 0) is 47.9 Å². The highest BCUT2D eigenvalue weighted by Gasteiger charge is 2.06. The van der Waals surface area contributed by atoms with Crippen molar-refractivity contribution in [1.82, 2.24) is 4.98 Å². The monoisotopic (exact) mass is 449 g/mol. The molecule has 3 nitrogen and oxygen atoms in total. The molecule has 0 N–H and O–H groups in total. The number of ether oxygens (including phenoxy) is 2. The number of unbranched alkanes of at least 4 members (excludes halogenated alkanes) is 11. The second-order valence-electron chi connectivity index (χ2n) is 9.25. The number of rotatable bonds is 17. The lowest BCUT2D eigenvalue weighted by atomic mass is 10.0. The first kappa shape index (κ1) is 25.3. The number of hydrogen-bond acceptors (Lipinski definition) is 3. The third-order valence-corrected chi connectivity index (χ3v) is 6.40. The van der Waals surface area contributed by atoms with E-state index in [2.05, 4.69) is 50.2 Å². The number of benzene rings is 2. The molecule has 0 atom stereocenters. The molecule has 0 fully saturated rings. The van der Waals surface area contributed by atoms with Crippen molar-refractivity contribution >= 4 is 21.7 Å². The van der Waals surface area contributed by atoms with Crippen molar-refractivity contribution in [3.8, 4) is 11.6 Å². The van der Waals surface area contributed by atoms with Crippen molar-refractivity contribution in [2.24, 2.45) is 0 Å². The van der Waals surface area contributed by atoms with Gasteiger partial charge in [0.25, 0.3) is 0 Å². The summed E-state index contributed by atoms with van der Waals surface area (Å²) in [5.74, 6) is 1.68. The average molecular weight is 450 g/mol. The summed E-state index contributed by atoms with van der Waals surface area (Å²) >= 11 is 0. The lowest BCUT2D eigenvalue weighted by Gasteiger charge is -2.10. The van der Waals surface area contributed by atoms with Gasteiger partial charge in [0.05, 0.1) is 18.7 Å². The Balaban J connectivity index is 1.48. The van der Waals surface area contributed by atoms with E-state index in [0.717, 1.165) is 43.2 Å². The fourth-order valence-corrected chi connectivity index (χ4v) is 4.38. The van der Waals surface area contributed by atoms with Crippen LogP contribution in [-0.4, -0.2) is 18.2 Å². The third kappa shape index (κ3) is 8.53. The summed E-state index contributed by atoms with van der Waals surface area (Å²) in [5.41, 5.74) is 0.986. The summed E-state index contributed by atoms with van der Waals surface area (Å²) in [5, 5.41) is 3.57. The molecule has 2 aromatic carbocycles. The average Bonchev–Trinajstić information content (AvgIpc) is 2.84. The molecule has 0 aliphatic heterocycles.